The van der Waals surface area contributed by atoms with E-state index in [0.717, 1.165) is 0 Å². The predicted molar refractivity (Wildman–Crippen MR) is 85.7 cm³/mol. The molecule has 6 nitrogen and oxygen atoms in total. The van der Waals surface area contributed by atoms with Gasteiger partial charge < -0.3 is 0 Å². The van der Waals surface area contributed by atoms with Crippen LogP contribution in [0.2, 0.25) is 0 Å². The van der Waals surface area contributed by atoms with Crippen LogP contribution in [0.1, 0.15) is 0 Å². The van der Waals surface area contributed by atoms with E-state index >= 15 is 0 Å². The van der Waals surface area contributed by atoms with E-state index in [0.29, 0.717) is 0 Å². The monoisotopic (exact) mass is 358 g/mol. The second-order valence-corrected chi connectivity index (χ2v) is 5.63. The van der Waals surface area contributed by atoms with Crippen LogP contribution in [0.5, 0.6) is 0 Å². The number of pyridine rings is 2. The number of benzene rings is 2. The lowest BCUT2D eigenvalue weighted by molar-refractivity contribution is -1.92. The lowest BCUT2D eigenvalue weighted by Crippen LogP contribution is -2.58. The van der Waals surface area contributed by atoms with E-state index in [2.05, 4.69) is 34.2 Å². The molecule has 0 aliphatic carbocycles. The van der Waals surface area contributed by atoms with Crippen molar-refractivity contribution in [3.05, 3.63) is 85.5 Å². The quantitative estimate of drug-likeness (QED) is 0.485. The molecule has 2 heterocycles. The Morgan fingerprint density at radius 3 is 1.24 bits per heavy atom. The Morgan fingerprint density at radius 1 is 0.600 bits per heavy atom. The maximum atomic E-state index is 8.60. The standard InChI is InChI=1S/2C9H7N.ClHO4/c2*1-2-4-9-7-10-6-5-8(9)3-1;2-1(3,4)5/h2*1-7H;(H,2,3,4,5). The molecule has 0 atom stereocenters. The van der Waals surface area contributed by atoms with E-state index in [1.807, 2.05) is 61.2 Å². The number of rotatable bonds is 0. The SMILES string of the molecule is [O-][Cl+3]([O-])([O-])O.c1ccc2cnccc2c1.c1ccc2cnccc2c1. The molecule has 0 radical (unpaired) electrons. The lowest BCUT2D eigenvalue weighted by atomic mass is 10.2. The van der Waals surface area contributed by atoms with Gasteiger partial charge in [-0.2, -0.15) is 14.0 Å². The zero-order chi connectivity index (χ0) is 18.1. The van der Waals surface area contributed by atoms with Gasteiger partial charge in [-0.25, -0.2) is 0 Å². The van der Waals surface area contributed by atoms with Crippen LogP contribution in [-0.4, -0.2) is 14.6 Å². The van der Waals surface area contributed by atoms with Crippen LogP contribution in [0.25, 0.3) is 21.5 Å². The minimum atomic E-state index is -4.69. The molecule has 0 saturated heterocycles. The Hall–Kier alpha value is -2.61. The summed E-state index contributed by atoms with van der Waals surface area (Å²) in [6.07, 6.45) is 7.36. The molecule has 2 aromatic carbocycles. The topological polar surface area (TPSA) is 115 Å². The third-order valence-corrected chi connectivity index (χ3v) is 3.10. The first-order valence-electron chi connectivity index (χ1n) is 7.14. The van der Waals surface area contributed by atoms with Gasteiger partial charge in [0, 0.05) is 24.8 Å². The van der Waals surface area contributed by atoms with Gasteiger partial charge in [-0.05, 0) is 33.7 Å². The molecular formula is C18H15ClN2O4. The fourth-order valence-electron chi connectivity index (χ4n) is 2.05. The summed E-state index contributed by atoms with van der Waals surface area (Å²) in [4.78, 5) is 8.03. The molecule has 0 unspecified atom stereocenters. The summed E-state index contributed by atoms with van der Waals surface area (Å²) in [6.45, 7) is 0. The number of nitrogens with zero attached hydrogens (tertiary/aromatic N) is 2. The zero-order valence-corrected chi connectivity index (χ0v) is 13.8. The van der Waals surface area contributed by atoms with Crippen LogP contribution < -0.4 is 14.0 Å². The Bertz CT molecular complexity index is 721. The van der Waals surface area contributed by atoms with Gasteiger partial charge in [-0.1, -0.05) is 48.5 Å². The Balaban J connectivity index is 0.000000144. The summed E-state index contributed by atoms with van der Waals surface area (Å²) in [5.74, 6) is 0. The smallest absolute Gasteiger partial charge is 0.0777 e. The van der Waals surface area contributed by atoms with E-state index in [-0.39, 0.29) is 0 Å². The van der Waals surface area contributed by atoms with Gasteiger partial charge >= 0.3 is 0 Å². The van der Waals surface area contributed by atoms with Crippen molar-refractivity contribution >= 4 is 21.5 Å². The fourth-order valence-corrected chi connectivity index (χ4v) is 2.05. The van der Waals surface area contributed by atoms with Crippen LogP contribution in [0.15, 0.2) is 85.5 Å². The van der Waals surface area contributed by atoms with Gasteiger partial charge in [-0.15, -0.1) is 0 Å². The number of fused-ring (bicyclic) bond motifs is 2. The summed E-state index contributed by atoms with van der Waals surface area (Å²) in [5, 5.41) is 4.89. The van der Waals surface area contributed by atoms with Crippen molar-refractivity contribution in [2.24, 2.45) is 0 Å². The van der Waals surface area contributed by atoms with Gasteiger partial charge in [0.15, 0.2) is 0 Å². The van der Waals surface area contributed by atoms with Gasteiger partial charge in [-0.3, -0.25) is 9.97 Å². The van der Waals surface area contributed by atoms with Gasteiger partial charge in [0.25, 0.3) is 0 Å². The van der Waals surface area contributed by atoms with Crippen LogP contribution in [0.3, 0.4) is 0 Å². The van der Waals surface area contributed by atoms with E-state index in [4.69, 9.17) is 18.6 Å². The summed E-state index contributed by atoms with van der Waals surface area (Å²) >= 11 is 0. The third-order valence-electron chi connectivity index (χ3n) is 3.10. The first-order chi connectivity index (χ1) is 11.9. The predicted octanol–water partition coefficient (Wildman–Crippen LogP) is 0.346. The minimum Gasteiger partial charge on any atom is -0.264 e. The molecule has 0 amide bonds. The third kappa shape index (κ3) is 7.21. The maximum Gasteiger partial charge on any atom is 0.0777 e. The number of halogens is 1. The maximum absolute atomic E-state index is 8.60. The lowest BCUT2D eigenvalue weighted by Gasteiger charge is -2.03. The van der Waals surface area contributed by atoms with Crippen LogP contribution in [-0.2, 0) is 0 Å². The van der Waals surface area contributed by atoms with Crippen molar-refractivity contribution in [2.75, 3.05) is 0 Å². The van der Waals surface area contributed by atoms with E-state index in [1.54, 1.807) is 0 Å². The highest BCUT2D eigenvalue weighted by atomic mass is 35.7. The second kappa shape index (κ2) is 9.03. The Labute approximate surface area is 146 Å². The van der Waals surface area contributed by atoms with Crippen molar-refractivity contribution in [3.63, 3.8) is 0 Å². The van der Waals surface area contributed by atoms with Crippen molar-refractivity contribution < 1.29 is 28.9 Å². The first-order valence-corrected chi connectivity index (χ1v) is 8.40. The summed E-state index contributed by atoms with van der Waals surface area (Å²) in [7, 11) is -4.69. The molecule has 0 aliphatic rings. The number of hydrogen-bond acceptors (Lipinski definition) is 6. The highest BCUT2D eigenvalue weighted by Gasteiger charge is 1.98. The van der Waals surface area contributed by atoms with Crippen molar-refractivity contribution in [1.82, 2.24) is 9.97 Å². The van der Waals surface area contributed by atoms with Gasteiger partial charge in [0.1, 0.15) is 0 Å². The molecule has 0 aliphatic heterocycles. The molecule has 0 spiro atoms. The minimum absolute atomic E-state index is 1.20. The van der Waals surface area contributed by atoms with Crippen molar-refractivity contribution in [3.8, 4) is 0 Å². The van der Waals surface area contributed by atoms with Crippen LogP contribution >= 0.6 is 0 Å². The highest BCUT2D eigenvalue weighted by molar-refractivity contribution is 5.81. The molecule has 4 aromatic rings. The largest absolute Gasteiger partial charge is 0.264 e. The zero-order valence-electron chi connectivity index (χ0n) is 13.0. The van der Waals surface area contributed by atoms with Gasteiger partial charge in [0.05, 0.1) is 14.9 Å². The van der Waals surface area contributed by atoms with E-state index in [9.17, 15) is 0 Å². The number of aromatic nitrogens is 2. The number of hydrogen-bond donors (Lipinski definition) is 1. The average Bonchev–Trinajstić information content (AvgIpc) is 2.61. The molecule has 1 N–H and O–H groups in total. The molecule has 128 valence electrons. The average molecular weight is 359 g/mol. The second-order valence-electron chi connectivity index (χ2n) is 4.84. The van der Waals surface area contributed by atoms with Crippen LogP contribution in [0, 0.1) is 10.2 Å². The summed E-state index contributed by atoms with van der Waals surface area (Å²) in [5.41, 5.74) is 0. The molecule has 2 aromatic heterocycles. The summed E-state index contributed by atoms with van der Waals surface area (Å²) in [6, 6.07) is 20.4. The first kappa shape index (κ1) is 18.7. The van der Waals surface area contributed by atoms with E-state index in [1.165, 1.54) is 21.5 Å². The molecule has 4 rings (SSSR count). The van der Waals surface area contributed by atoms with Crippen molar-refractivity contribution in [2.45, 2.75) is 0 Å². The van der Waals surface area contributed by atoms with E-state index < -0.39 is 10.2 Å². The molecule has 0 fully saturated rings. The molecule has 25 heavy (non-hydrogen) atoms. The normalized spacial score (nSPS) is 10.4. The highest BCUT2D eigenvalue weighted by Crippen LogP contribution is 2.10. The molecule has 0 saturated carbocycles. The van der Waals surface area contributed by atoms with Crippen molar-refractivity contribution in [1.29, 1.82) is 0 Å². The van der Waals surface area contributed by atoms with Gasteiger partial charge in [0.2, 0.25) is 0 Å². The fraction of sp³-hybridized carbons (Fsp3) is 0. The summed E-state index contributed by atoms with van der Waals surface area (Å²) < 4.78 is 32.7. The molecule has 7 heteroatoms. The Kier molecular flexibility index (Phi) is 6.76. The Morgan fingerprint density at radius 2 is 0.920 bits per heavy atom. The molecule has 0 bridgehead atoms. The van der Waals surface area contributed by atoms with Crippen LogP contribution in [0.4, 0.5) is 0 Å². The molecular weight excluding hydrogens is 344 g/mol.